The van der Waals surface area contributed by atoms with Gasteiger partial charge in [0.2, 0.25) is 0 Å². The highest BCUT2D eigenvalue weighted by Crippen LogP contribution is 2.30. The Hall–Kier alpha value is -0.610. The van der Waals surface area contributed by atoms with Gasteiger partial charge in [-0.3, -0.25) is 14.6 Å². The van der Waals surface area contributed by atoms with Gasteiger partial charge in [-0.05, 0) is 26.3 Å². The summed E-state index contributed by atoms with van der Waals surface area (Å²) in [6, 6.07) is 0.831. The molecule has 3 atom stereocenters. The van der Waals surface area contributed by atoms with Gasteiger partial charge >= 0.3 is 5.97 Å². The first-order chi connectivity index (χ1) is 8.63. The van der Waals surface area contributed by atoms with Crippen molar-refractivity contribution in [3.8, 4) is 0 Å². The minimum atomic E-state index is -0.592. The summed E-state index contributed by atoms with van der Waals surface area (Å²) in [5.74, 6) is -0.732. The van der Waals surface area contributed by atoms with E-state index in [-0.39, 0.29) is 12.0 Å². The fourth-order valence-electron chi connectivity index (χ4n) is 3.63. The van der Waals surface area contributed by atoms with Crippen molar-refractivity contribution in [1.29, 1.82) is 0 Å². The van der Waals surface area contributed by atoms with Crippen LogP contribution in [0.3, 0.4) is 0 Å². The maximum Gasteiger partial charge on any atom is 0.308 e. The number of nitrogens with zero attached hydrogens (tertiary/aromatic N) is 2. The Morgan fingerprint density at radius 2 is 2.00 bits per heavy atom. The second-order valence-electron chi connectivity index (χ2n) is 5.77. The van der Waals surface area contributed by atoms with Crippen LogP contribution in [0.2, 0.25) is 0 Å². The fraction of sp³-hybridized carbons (Fsp3) is 0.929. The molecular formula is C14H26N2O2. The number of carboxylic acid groups (broad SMARTS) is 1. The summed E-state index contributed by atoms with van der Waals surface area (Å²) in [5.41, 5.74) is 0. The molecule has 0 bridgehead atoms. The molecule has 0 aromatic carbocycles. The van der Waals surface area contributed by atoms with Gasteiger partial charge in [-0.2, -0.15) is 0 Å². The van der Waals surface area contributed by atoms with Gasteiger partial charge in [0.15, 0.2) is 0 Å². The van der Waals surface area contributed by atoms with Gasteiger partial charge < -0.3 is 5.11 Å². The van der Waals surface area contributed by atoms with Crippen molar-refractivity contribution in [2.45, 2.75) is 51.6 Å². The first-order valence-electron chi connectivity index (χ1n) is 7.34. The molecule has 3 unspecified atom stereocenters. The van der Waals surface area contributed by atoms with Crippen molar-refractivity contribution in [3.05, 3.63) is 0 Å². The zero-order valence-electron chi connectivity index (χ0n) is 11.6. The second kappa shape index (κ2) is 6.02. The molecule has 0 amide bonds. The maximum absolute atomic E-state index is 11.4. The quantitative estimate of drug-likeness (QED) is 0.832. The molecule has 1 aliphatic heterocycles. The Morgan fingerprint density at radius 1 is 1.28 bits per heavy atom. The van der Waals surface area contributed by atoms with Crippen molar-refractivity contribution in [2.24, 2.45) is 5.92 Å². The van der Waals surface area contributed by atoms with Crippen molar-refractivity contribution >= 4 is 5.97 Å². The van der Waals surface area contributed by atoms with Crippen LogP contribution in [0, 0.1) is 5.92 Å². The molecule has 0 spiro atoms. The lowest BCUT2D eigenvalue weighted by molar-refractivity contribution is -0.146. The third-order valence-corrected chi connectivity index (χ3v) is 4.72. The smallest absolute Gasteiger partial charge is 0.308 e. The van der Waals surface area contributed by atoms with Crippen LogP contribution in [0.4, 0.5) is 0 Å². The highest BCUT2D eigenvalue weighted by atomic mass is 16.4. The molecule has 0 aromatic rings. The molecule has 1 saturated heterocycles. The maximum atomic E-state index is 11.4. The Balaban J connectivity index is 1.99. The van der Waals surface area contributed by atoms with Crippen LogP contribution in [0.5, 0.6) is 0 Å². The fourth-order valence-corrected chi connectivity index (χ4v) is 3.63. The lowest BCUT2D eigenvalue weighted by Crippen LogP contribution is -2.57. The Labute approximate surface area is 110 Å². The summed E-state index contributed by atoms with van der Waals surface area (Å²) in [7, 11) is 0. The van der Waals surface area contributed by atoms with Crippen LogP contribution < -0.4 is 0 Å². The summed E-state index contributed by atoms with van der Waals surface area (Å²) >= 11 is 0. The summed E-state index contributed by atoms with van der Waals surface area (Å²) in [4.78, 5) is 16.3. The van der Waals surface area contributed by atoms with E-state index in [9.17, 15) is 9.90 Å². The van der Waals surface area contributed by atoms with Crippen molar-refractivity contribution < 1.29 is 9.90 Å². The molecular weight excluding hydrogens is 228 g/mol. The molecule has 18 heavy (non-hydrogen) atoms. The zero-order valence-corrected chi connectivity index (χ0v) is 11.6. The van der Waals surface area contributed by atoms with E-state index < -0.39 is 5.97 Å². The van der Waals surface area contributed by atoms with Crippen molar-refractivity contribution in [1.82, 2.24) is 9.80 Å². The van der Waals surface area contributed by atoms with Crippen molar-refractivity contribution in [3.63, 3.8) is 0 Å². The van der Waals surface area contributed by atoms with E-state index in [1.165, 1.54) is 6.42 Å². The number of likely N-dealkylation sites (N-methyl/N-ethyl adjacent to an activating group) is 1. The Morgan fingerprint density at radius 3 is 2.61 bits per heavy atom. The Kier molecular flexibility index (Phi) is 4.62. The van der Waals surface area contributed by atoms with Crippen LogP contribution >= 0.6 is 0 Å². The van der Waals surface area contributed by atoms with Gasteiger partial charge in [-0.1, -0.05) is 19.8 Å². The van der Waals surface area contributed by atoms with Gasteiger partial charge in [-0.25, -0.2) is 0 Å². The molecule has 2 rings (SSSR count). The zero-order chi connectivity index (χ0) is 13.1. The molecule has 2 aliphatic rings. The summed E-state index contributed by atoms with van der Waals surface area (Å²) in [5, 5.41) is 9.37. The highest BCUT2D eigenvalue weighted by Gasteiger charge is 2.37. The van der Waals surface area contributed by atoms with Crippen LogP contribution in [0.15, 0.2) is 0 Å². The first kappa shape index (κ1) is 13.8. The molecule has 2 fully saturated rings. The molecule has 0 radical (unpaired) electrons. The topological polar surface area (TPSA) is 43.8 Å². The largest absolute Gasteiger partial charge is 0.481 e. The minimum absolute atomic E-state index is 0.140. The highest BCUT2D eigenvalue weighted by molar-refractivity contribution is 5.71. The number of piperazine rings is 1. The minimum Gasteiger partial charge on any atom is -0.481 e. The monoisotopic (exact) mass is 254 g/mol. The average molecular weight is 254 g/mol. The lowest BCUT2D eigenvalue weighted by atomic mass is 9.83. The van der Waals surface area contributed by atoms with Crippen LogP contribution in [-0.4, -0.2) is 59.1 Å². The lowest BCUT2D eigenvalue weighted by Gasteiger charge is -2.45. The molecule has 1 saturated carbocycles. The van der Waals surface area contributed by atoms with Gasteiger partial charge in [-0.15, -0.1) is 0 Å². The van der Waals surface area contributed by atoms with E-state index >= 15 is 0 Å². The summed E-state index contributed by atoms with van der Waals surface area (Å²) < 4.78 is 0. The average Bonchev–Trinajstić information content (AvgIpc) is 2.38. The number of carboxylic acids is 1. The van der Waals surface area contributed by atoms with E-state index in [1.807, 2.05) is 0 Å². The van der Waals surface area contributed by atoms with Crippen molar-refractivity contribution in [2.75, 3.05) is 26.2 Å². The van der Waals surface area contributed by atoms with Gasteiger partial charge in [0, 0.05) is 31.7 Å². The van der Waals surface area contributed by atoms with E-state index in [1.54, 1.807) is 0 Å². The molecule has 104 valence electrons. The van der Waals surface area contributed by atoms with Crippen LogP contribution in [-0.2, 0) is 4.79 Å². The summed E-state index contributed by atoms with van der Waals surface area (Å²) in [6.07, 6.45) is 4.20. The van der Waals surface area contributed by atoms with Gasteiger partial charge in [0.05, 0.1) is 5.92 Å². The number of hydrogen-bond acceptors (Lipinski definition) is 3. The molecule has 4 heteroatoms. The van der Waals surface area contributed by atoms with Crippen LogP contribution in [0.1, 0.15) is 39.5 Å². The number of aliphatic carboxylic acids is 1. The molecule has 0 aromatic heterocycles. The number of hydrogen-bond donors (Lipinski definition) is 1. The van der Waals surface area contributed by atoms with Crippen LogP contribution in [0.25, 0.3) is 0 Å². The number of carbonyl (C=O) groups is 1. The SMILES string of the molecule is CCN1CCN(C2CCCCC2C(=O)O)CC1C. The van der Waals surface area contributed by atoms with Gasteiger partial charge in [0.25, 0.3) is 0 Å². The molecule has 1 N–H and O–H groups in total. The first-order valence-corrected chi connectivity index (χ1v) is 7.34. The predicted molar refractivity (Wildman–Crippen MR) is 71.7 cm³/mol. The predicted octanol–water partition coefficient (Wildman–Crippen LogP) is 1.66. The standard InChI is InChI=1S/C14H26N2O2/c1-3-15-8-9-16(10-11(15)2)13-7-5-4-6-12(13)14(17)18/h11-13H,3-10H2,1-2H3,(H,17,18). The Bertz CT molecular complexity index is 296. The summed E-state index contributed by atoms with van der Waals surface area (Å²) in [6.45, 7) is 8.71. The van der Waals surface area contributed by atoms with Gasteiger partial charge in [0.1, 0.15) is 0 Å². The molecule has 4 nitrogen and oxygen atoms in total. The second-order valence-corrected chi connectivity index (χ2v) is 5.77. The van der Waals surface area contributed by atoms with E-state index in [0.29, 0.717) is 6.04 Å². The van der Waals surface area contributed by atoms with E-state index in [2.05, 4.69) is 23.6 Å². The molecule has 1 heterocycles. The number of rotatable bonds is 3. The third kappa shape index (κ3) is 2.86. The third-order valence-electron chi connectivity index (χ3n) is 4.72. The van der Waals surface area contributed by atoms with E-state index in [0.717, 1.165) is 45.4 Å². The normalized spacial score (nSPS) is 35.6. The molecule has 1 aliphatic carbocycles. The van der Waals surface area contributed by atoms with E-state index in [4.69, 9.17) is 0 Å².